The molecule has 9 atom stereocenters. The molecule has 0 spiro atoms. The van der Waals surface area contributed by atoms with E-state index in [9.17, 15) is 30.6 Å². The van der Waals surface area contributed by atoms with E-state index in [1.54, 1.807) is 0 Å². The van der Waals surface area contributed by atoms with E-state index in [0.29, 0.717) is 0 Å². The first-order valence-electron chi connectivity index (χ1n) is 6.80. The van der Waals surface area contributed by atoms with Gasteiger partial charge in [0.2, 0.25) is 0 Å². The summed E-state index contributed by atoms with van der Waals surface area (Å²) in [6, 6.07) is 0. The van der Waals surface area contributed by atoms with Gasteiger partial charge in [-0.15, -0.1) is 0 Å². The van der Waals surface area contributed by atoms with E-state index in [1.165, 1.54) is 6.92 Å². The molecule has 2 aliphatic rings. The quantitative estimate of drug-likeness (QED) is 0.310. The Morgan fingerprint density at radius 2 is 1.57 bits per heavy atom. The van der Waals surface area contributed by atoms with Crippen molar-refractivity contribution in [1.29, 1.82) is 0 Å². The summed E-state index contributed by atoms with van der Waals surface area (Å²) >= 11 is 0. The average molecular weight is 310 g/mol. The van der Waals surface area contributed by atoms with Crippen molar-refractivity contribution in [2.75, 3.05) is 13.2 Å². The van der Waals surface area contributed by atoms with Crippen molar-refractivity contribution in [2.24, 2.45) is 0 Å². The molecule has 0 aromatic rings. The van der Waals surface area contributed by atoms with E-state index in [-0.39, 0.29) is 13.2 Å². The molecule has 6 N–H and O–H groups in total. The second kappa shape index (κ2) is 6.82. The molecule has 2 aliphatic heterocycles. The van der Waals surface area contributed by atoms with Crippen molar-refractivity contribution in [3.8, 4) is 0 Å². The first kappa shape index (κ1) is 17.0. The molecule has 2 heterocycles. The molecular weight excluding hydrogens is 288 g/mol. The molecule has 0 bridgehead atoms. The van der Waals surface area contributed by atoms with Gasteiger partial charge in [0.15, 0.2) is 6.29 Å². The molecule has 2 saturated heterocycles. The van der Waals surface area contributed by atoms with Crippen LogP contribution in [-0.4, -0.2) is 99.0 Å². The van der Waals surface area contributed by atoms with Crippen LogP contribution in [0, 0.1) is 0 Å². The highest BCUT2D eigenvalue weighted by molar-refractivity contribution is 4.89. The summed E-state index contributed by atoms with van der Waals surface area (Å²) in [5.41, 5.74) is 0. The van der Waals surface area contributed by atoms with E-state index < -0.39 is 55.1 Å². The number of aliphatic hydroxyl groups excluding tert-OH is 6. The van der Waals surface area contributed by atoms with Crippen molar-refractivity contribution in [1.82, 2.24) is 0 Å². The molecule has 0 saturated carbocycles. The Hall–Kier alpha value is -0.360. The molecule has 0 aromatic heterocycles. The Labute approximate surface area is 121 Å². The first-order chi connectivity index (χ1) is 9.82. The van der Waals surface area contributed by atoms with E-state index >= 15 is 0 Å². The second-order valence-electron chi connectivity index (χ2n) is 5.44. The molecule has 0 unspecified atom stereocenters. The molecule has 124 valence electrons. The SMILES string of the molecule is C[C@@H]1O[C@@H](OC[C@H]2OC[C@H](O)[C@@H](O)[C@H]2O)[C@@H](O)[C@H](O)[C@@H]1O. The third kappa shape index (κ3) is 3.52. The highest BCUT2D eigenvalue weighted by Gasteiger charge is 2.44. The van der Waals surface area contributed by atoms with Crippen LogP contribution in [0.15, 0.2) is 0 Å². The largest absolute Gasteiger partial charge is 0.388 e. The summed E-state index contributed by atoms with van der Waals surface area (Å²) in [6.45, 7) is 1.14. The van der Waals surface area contributed by atoms with Crippen molar-refractivity contribution >= 4 is 0 Å². The molecule has 9 heteroatoms. The third-order valence-corrected chi connectivity index (χ3v) is 3.84. The minimum absolute atomic E-state index is 0.155. The van der Waals surface area contributed by atoms with Gasteiger partial charge < -0.3 is 44.8 Å². The summed E-state index contributed by atoms with van der Waals surface area (Å²) < 4.78 is 15.6. The molecule has 0 radical (unpaired) electrons. The van der Waals surface area contributed by atoms with Crippen LogP contribution in [0.3, 0.4) is 0 Å². The maximum absolute atomic E-state index is 9.76. The molecular formula is C12H22O9. The predicted octanol–water partition coefficient (Wildman–Crippen LogP) is -3.69. The summed E-state index contributed by atoms with van der Waals surface area (Å²) in [5.74, 6) is 0. The second-order valence-corrected chi connectivity index (χ2v) is 5.44. The number of hydrogen-bond donors (Lipinski definition) is 6. The van der Waals surface area contributed by atoms with Crippen molar-refractivity contribution in [3.05, 3.63) is 0 Å². The summed E-state index contributed by atoms with van der Waals surface area (Å²) in [4.78, 5) is 0. The van der Waals surface area contributed by atoms with Crippen LogP contribution in [0.5, 0.6) is 0 Å². The van der Waals surface area contributed by atoms with Crippen LogP contribution in [0.4, 0.5) is 0 Å². The molecule has 0 aromatic carbocycles. The van der Waals surface area contributed by atoms with Crippen LogP contribution < -0.4 is 0 Å². The van der Waals surface area contributed by atoms with Gasteiger partial charge in [0.1, 0.15) is 42.7 Å². The predicted molar refractivity (Wildman–Crippen MR) is 66.1 cm³/mol. The van der Waals surface area contributed by atoms with Crippen molar-refractivity contribution in [3.63, 3.8) is 0 Å². The lowest BCUT2D eigenvalue weighted by molar-refractivity contribution is -0.304. The van der Waals surface area contributed by atoms with Gasteiger partial charge in [-0.1, -0.05) is 0 Å². The Bertz CT molecular complexity index is 341. The zero-order valence-corrected chi connectivity index (χ0v) is 11.5. The van der Waals surface area contributed by atoms with Gasteiger partial charge in [-0.2, -0.15) is 0 Å². The zero-order chi connectivity index (χ0) is 15.7. The number of hydrogen-bond acceptors (Lipinski definition) is 9. The van der Waals surface area contributed by atoms with Gasteiger partial charge in [0, 0.05) is 0 Å². The maximum Gasteiger partial charge on any atom is 0.186 e. The van der Waals surface area contributed by atoms with Gasteiger partial charge in [-0.3, -0.25) is 0 Å². The first-order valence-corrected chi connectivity index (χ1v) is 6.80. The highest BCUT2D eigenvalue weighted by atomic mass is 16.7. The van der Waals surface area contributed by atoms with Crippen molar-refractivity contribution in [2.45, 2.75) is 62.0 Å². The lowest BCUT2D eigenvalue weighted by Gasteiger charge is -2.40. The Kier molecular flexibility index (Phi) is 5.52. The van der Waals surface area contributed by atoms with E-state index in [4.69, 9.17) is 14.2 Å². The highest BCUT2D eigenvalue weighted by Crippen LogP contribution is 2.23. The number of rotatable bonds is 3. The van der Waals surface area contributed by atoms with Gasteiger partial charge in [-0.25, -0.2) is 0 Å². The topological polar surface area (TPSA) is 149 Å². The number of ether oxygens (including phenoxy) is 3. The fourth-order valence-electron chi connectivity index (χ4n) is 2.35. The van der Waals surface area contributed by atoms with E-state index in [2.05, 4.69) is 0 Å². The van der Waals surface area contributed by atoms with Crippen molar-refractivity contribution < 1.29 is 44.8 Å². The van der Waals surface area contributed by atoms with E-state index in [0.717, 1.165) is 0 Å². The molecule has 21 heavy (non-hydrogen) atoms. The average Bonchev–Trinajstić information content (AvgIpc) is 2.46. The Morgan fingerprint density at radius 3 is 2.24 bits per heavy atom. The van der Waals surface area contributed by atoms with Gasteiger partial charge in [-0.05, 0) is 6.92 Å². The molecule has 0 amide bonds. The fraction of sp³-hybridized carbons (Fsp3) is 1.00. The minimum atomic E-state index is -1.45. The van der Waals surface area contributed by atoms with Gasteiger partial charge in [0.05, 0.1) is 19.3 Å². The maximum atomic E-state index is 9.76. The Morgan fingerprint density at radius 1 is 0.905 bits per heavy atom. The molecule has 2 rings (SSSR count). The van der Waals surface area contributed by atoms with E-state index in [1.807, 2.05) is 0 Å². The van der Waals surface area contributed by atoms with Crippen LogP contribution in [0.1, 0.15) is 6.92 Å². The van der Waals surface area contributed by atoms with Crippen LogP contribution in [0.25, 0.3) is 0 Å². The monoisotopic (exact) mass is 310 g/mol. The van der Waals surface area contributed by atoms with Gasteiger partial charge in [0.25, 0.3) is 0 Å². The summed E-state index contributed by atoms with van der Waals surface area (Å²) in [7, 11) is 0. The minimum Gasteiger partial charge on any atom is -0.388 e. The Balaban J connectivity index is 1.88. The smallest absolute Gasteiger partial charge is 0.186 e. The lowest BCUT2D eigenvalue weighted by atomic mass is 9.99. The fourth-order valence-corrected chi connectivity index (χ4v) is 2.35. The summed E-state index contributed by atoms with van der Waals surface area (Å²) in [5, 5.41) is 57.5. The zero-order valence-electron chi connectivity index (χ0n) is 11.5. The lowest BCUT2D eigenvalue weighted by Crippen LogP contribution is -2.59. The molecule has 0 aliphatic carbocycles. The number of aliphatic hydroxyl groups is 6. The standard InChI is InChI=1S/C12H22O9/c1-4-7(14)10(17)11(18)12(21-4)20-3-6-9(16)8(15)5(13)2-19-6/h4-18H,2-3H2,1H3/t4-,5-,6+,7+,8+,9-,10+,11-,12+/m0/s1. The molecule has 2 fully saturated rings. The van der Waals surface area contributed by atoms with Crippen LogP contribution >= 0.6 is 0 Å². The van der Waals surface area contributed by atoms with Crippen LogP contribution in [-0.2, 0) is 14.2 Å². The van der Waals surface area contributed by atoms with Crippen LogP contribution in [0.2, 0.25) is 0 Å². The third-order valence-electron chi connectivity index (χ3n) is 3.84. The summed E-state index contributed by atoms with van der Waals surface area (Å²) in [6.07, 6.45) is -10.8. The normalized spacial score (nSPS) is 51.9. The molecule has 9 nitrogen and oxygen atoms in total. The van der Waals surface area contributed by atoms with Gasteiger partial charge >= 0.3 is 0 Å².